The Kier molecular flexibility index (Phi) is 5.73. The minimum atomic E-state index is -0.958. The van der Waals surface area contributed by atoms with Crippen LogP contribution in [-0.2, 0) is 14.4 Å². The van der Waals surface area contributed by atoms with Crippen molar-refractivity contribution in [1.82, 2.24) is 0 Å². The Bertz CT molecular complexity index is 525. The molecule has 100 valence electrons. The van der Waals surface area contributed by atoms with Crippen molar-refractivity contribution in [2.45, 2.75) is 12.3 Å². The summed E-state index contributed by atoms with van der Waals surface area (Å²) in [6.07, 6.45) is 0.716. The third-order valence-electron chi connectivity index (χ3n) is 2.31. The number of ether oxygens (including phenoxy) is 1. The van der Waals surface area contributed by atoms with Crippen LogP contribution in [0.5, 0.6) is 5.75 Å². The van der Waals surface area contributed by atoms with Gasteiger partial charge in [-0.3, -0.25) is 9.59 Å². The standard InChI is InChI=1S/C13H10Cl2O4/c1-2-12(17)19-10-6-4-3-5-8(10)9(13(15)18)7-11(14)16/h2-6,9H,1,7H2. The lowest BCUT2D eigenvalue weighted by atomic mass is 9.96. The number of hydrogen-bond acceptors (Lipinski definition) is 4. The first kappa shape index (κ1) is 15.4. The van der Waals surface area contributed by atoms with Gasteiger partial charge in [0.2, 0.25) is 10.5 Å². The van der Waals surface area contributed by atoms with E-state index in [9.17, 15) is 14.4 Å². The van der Waals surface area contributed by atoms with Crippen molar-refractivity contribution in [1.29, 1.82) is 0 Å². The van der Waals surface area contributed by atoms with Gasteiger partial charge in [-0.15, -0.1) is 0 Å². The van der Waals surface area contributed by atoms with Crippen LogP contribution >= 0.6 is 23.2 Å². The molecule has 0 heterocycles. The van der Waals surface area contributed by atoms with Crippen molar-refractivity contribution in [2.75, 3.05) is 0 Å². The van der Waals surface area contributed by atoms with Crippen LogP contribution in [-0.4, -0.2) is 16.5 Å². The minimum absolute atomic E-state index is 0.143. The summed E-state index contributed by atoms with van der Waals surface area (Å²) in [4.78, 5) is 33.5. The van der Waals surface area contributed by atoms with E-state index >= 15 is 0 Å². The van der Waals surface area contributed by atoms with Crippen molar-refractivity contribution < 1.29 is 19.1 Å². The van der Waals surface area contributed by atoms with Crippen LogP contribution in [0.1, 0.15) is 17.9 Å². The van der Waals surface area contributed by atoms with Crippen molar-refractivity contribution in [3.05, 3.63) is 42.5 Å². The van der Waals surface area contributed by atoms with Crippen molar-refractivity contribution in [2.24, 2.45) is 0 Å². The molecule has 0 saturated heterocycles. The highest BCUT2D eigenvalue weighted by molar-refractivity contribution is 6.67. The molecule has 1 atom stereocenters. The molecule has 0 N–H and O–H groups in total. The minimum Gasteiger partial charge on any atom is -0.423 e. The number of rotatable bonds is 6. The normalized spacial score (nSPS) is 11.5. The van der Waals surface area contributed by atoms with E-state index in [1.54, 1.807) is 12.1 Å². The van der Waals surface area contributed by atoms with Crippen LogP contribution in [0.4, 0.5) is 0 Å². The van der Waals surface area contributed by atoms with Crippen LogP contribution in [0.15, 0.2) is 36.9 Å². The van der Waals surface area contributed by atoms with Gasteiger partial charge in [0.1, 0.15) is 5.75 Å². The molecule has 1 aromatic rings. The molecular formula is C13H10Cl2O4. The summed E-state index contributed by atoms with van der Waals surface area (Å²) in [6, 6.07) is 6.28. The fraction of sp³-hybridized carbons (Fsp3) is 0.154. The van der Waals surface area contributed by atoms with Crippen LogP contribution in [0.2, 0.25) is 0 Å². The van der Waals surface area contributed by atoms with Gasteiger partial charge in [-0.1, -0.05) is 24.8 Å². The van der Waals surface area contributed by atoms with Gasteiger partial charge in [-0.2, -0.15) is 0 Å². The molecule has 0 aliphatic carbocycles. The first-order valence-electron chi connectivity index (χ1n) is 5.26. The number of carbonyl (C=O) groups is 3. The van der Waals surface area contributed by atoms with Gasteiger partial charge < -0.3 is 4.74 Å². The molecule has 0 bridgehead atoms. The van der Waals surface area contributed by atoms with Gasteiger partial charge >= 0.3 is 5.97 Å². The summed E-state index contributed by atoms with van der Waals surface area (Å²) in [5.74, 6) is -1.49. The molecule has 0 aliphatic heterocycles. The summed E-state index contributed by atoms with van der Waals surface area (Å²) in [6.45, 7) is 3.27. The second kappa shape index (κ2) is 7.07. The van der Waals surface area contributed by atoms with Gasteiger partial charge in [-0.25, -0.2) is 4.79 Å². The lowest BCUT2D eigenvalue weighted by Gasteiger charge is -2.14. The smallest absolute Gasteiger partial charge is 0.335 e. The van der Waals surface area contributed by atoms with E-state index in [0.29, 0.717) is 5.56 Å². The Balaban J connectivity index is 3.15. The van der Waals surface area contributed by atoms with E-state index in [1.165, 1.54) is 12.1 Å². The van der Waals surface area contributed by atoms with Crippen LogP contribution in [0.25, 0.3) is 0 Å². The van der Waals surface area contributed by atoms with Crippen LogP contribution in [0.3, 0.4) is 0 Å². The molecule has 0 saturated carbocycles. The Morgan fingerprint density at radius 3 is 2.42 bits per heavy atom. The van der Waals surface area contributed by atoms with Gasteiger partial charge in [-0.05, 0) is 29.3 Å². The Labute approximate surface area is 120 Å². The number of halogens is 2. The highest BCUT2D eigenvalue weighted by Crippen LogP contribution is 2.31. The third-order valence-corrected chi connectivity index (χ3v) is 2.73. The molecule has 19 heavy (non-hydrogen) atoms. The lowest BCUT2D eigenvalue weighted by Crippen LogP contribution is -2.13. The van der Waals surface area contributed by atoms with Gasteiger partial charge in [0, 0.05) is 18.1 Å². The monoisotopic (exact) mass is 300 g/mol. The molecule has 1 rings (SSSR count). The summed E-state index contributed by atoms with van der Waals surface area (Å²) < 4.78 is 4.99. The van der Waals surface area contributed by atoms with Gasteiger partial charge in [0.15, 0.2) is 0 Å². The second-order valence-electron chi connectivity index (χ2n) is 3.58. The third kappa shape index (κ3) is 4.50. The molecule has 6 heteroatoms. The van der Waals surface area contributed by atoms with Gasteiger partial charge in [0.05, 0.1) is 5.92 Å². The quantitative estimate of drug-likeness (QED) is 0.351. The Morgan fingerprint density at radius 2 is 1.89 bits per heavy atom. The number of carbonyl (C=O) groups excluding carboxylic acids is 3. The predicted octanol–water partition coefficient (Wildman–Crippen LogP) is 2.78. The highest BCUT2D eigenvalue weighted by Gasteiger charge is 2.25. The van der Waals surface area contributed by atoms with Crippen LogP contribution in [0, 0.1) is 0 Å². The zero-order valence-electron chi connectivity index (χ0n) is 9.77. The average molecular weight is 301 g/mol. The van der Waals surface area contributed by atoms with Crippen molar-refractivity contribution >= 4 is 39.7 Å². The second-order valence-corrected chi connectivity index (χ2v) is 4.37. The fourth-order valence-electron chi connectivity index (χ4n) is 1.48. The summed E-state index contributed by atoms with van der Waals surface area (Å²) in [7, 11) is 0. The van der Waals surface area contributed by atoms with E-state index in [0.717, 1.165) is 6.08 Å². The maximum atomic E-state index is 11.4. The molecule has 0 spiro atoms. The lowest BCUT2D eigenvalue weighted by molar-refractivity contribution is -0.129. The molecule has 0 amide bonds. The van der Waals surface area contributed by atoms with E-state index in [-0.39, 0.29) is 12.2 Å². The molecule has 0 aliphatic rings. The van der Waals surface area contributed by atoms with E-state index in [1.807, 2.05) is 0 Å². The fourth-order valence-corrected chi connectivity index (χ4v) is 1.83. The number of hydrogen-bond donors (Lipinski definition) is 0. The maximum Gasteiger partial charge on any atom is 0.335 e. The van der Waals surface area contributed by atoms with Crippen LogP contribution < -0.4 is 4.74 Å². The molecule has 1 aromatic carbocycles. The van der Waals surface area contributed by atoms with Gasteiger partial charge in [0.25, 0.3) is 0 Å². The first-order valence-corrected chi connectivity index (χ1v) is 6.02. The summed E-state index contributed by atoms with van der Waals surface area (Å²) in [5.41, 5.74) is 0.326. The molecule has 0 radical (unpaired) electrons. The zero-order valence-corrected chi connectivity index (χ0v) is 11.3. The average Bonchev–Trinajstić information content (AvgIpc) is 2.36. The topological polar surface area (TPSA) is 60.4 Å². The zero-order chi connectivity index (χ0) is 14.4. The van der Waals surface area contributed by atoms with Crippen molar-refractivity contribution in [3.8, 4) is 5.75 Å². The molecule has 0 aromatic heterocycles. The predicted molar refractivity (Wildman–Crippen MR) is 71.4 cm³/mol. The number of benzene rings is 1. The van der Waals surface area contributed by atoms with E-state index < -0.39 is 22.4 Å². The Morgan fingerprint density at radius 1 is 1.26 bits per heavy atom. The maximum absolute atomic E-state index is 11.4. The highest BCUT2D eigenvalue weighted by atomic mass is 35.5. The van der Waals surface area contributed by atoms with E-state index in [2.05, 4.69) is 6.58 Å². The summed E-state index contributed by atoms with van der Waals surface area (Å²) >= 11 is 10.7. The first-order chi connectivity index (χ1) is 8.95. The summed E-state index contributed by atoms with van der Waals surface area (Å²) in [5, 5.41) is -1.46. The molecule has 4 nitrogen and oxygen atoms in total. The van der Waals surface area contributed by atoms with E-state index in [4.69, 9.17) is 27.9 Å². The SMILES string of the molecule is C=CC(=O)Oc1ccccc1C(CC(=O)Cl)C(=O)Cl. The van der Waals surface area contributed by atoms with Crippen molar-refractivity contribution in [3.63, 3.8) is 0 Å². The number of esters is 1. The number of para-hydroxylation sites is 1. The largest absolute Gasteiger partial charge is 0.423 e. The molecule has 0 fully saturated rings. The molecular weight excluding hydrogens is 291 g/mol. The Hall–Kier alpha value is -1.65. The molecule has 1 unspecified atom stereocenters.